The van der Waals surface area contributed by atoms with Gasteiger partial charge in [0.2, 0.25) is 0 Å². The van der Waals surface area contributed by atoms with Gasteiger partial charge in [-0.2, -0.15) is 0 Å². The Balaban J connectivity index is 2.08. The van der Waals surface area contributed by atoms with E-state index in [0.717, 1.165) is 5.56 Å². The highest BCUT2D eigenvalue weighted by atomic mass is 79.9. The number of carbonyl (C=O) groups is 1. The number of carbonyl (C=O) groups excluding carboxylic acids is 1. The van der Waals surface area contributed by atoms with Crippen LogP contribution in [0.4, 0.5) is 0 Å². The van der Waals surface area contributed by atoms with Crippen molar-refractivity contribution in [2.75, 3.05) is 26.4 Å². The minimum atomic E-state index is -0.405. The second-order valence-electron chi connectivity index (χ2n) is 3.98. The fraction of sp³-hybridized carbons (Fsp3) is 0.462. The molecule has 1 aromatic rings. The van der Waals surface area contributed by atoms with Gasteiger partial charge in [-0.15, -0.1) is 0 Å². The lowest BCUT2D eigenvalue weighted by atomic mass is 10.2. The summed E-state index contributed by atoms with van der Waals surface area (Å²) in [7, 11) is 0. The number of halogens is 2. The van der Waals surface area contributed by atoms with E-state index in [0.29, 0.717) is 34.5 Å². The third-order valence-corrected chi connectivity index (χ3v) is 3.73. The van der Waals surface area contributed by atoms with Gasteiger partial charge in [-0.3, -0.25) is 0 Å². The number of hydrogen-bond acceptors (Lipinski definition) is 5. The molecule has 5 nitrogen and oxygen atoms in total. The smallest absolute Gasteiger partial charge is 0.344 e. The lowest BCUT2D eigenvalue weighted by Gasteiger charge is -2.14. The summed E-state index contributed by atoms with van der Waals surface area (Å²) in [6.45, 7) is 3.11. The van der Waals surface area contributed by atoms with Crippen LogP contribution in [0.3, 0.4) is 0 Å². The molecular weight excluding hydrogens is 396 g/mol. The molecule has 1 aliphatic heterocycles. The van der Waals surface area contributed by atoms with Crippen molar-refractivity contribution >= 4 is 37.8 Å². The van der Waals surface area contributed by atoms with Gasteiger partial charge >= 0.3 is 5.97 Å². The maximum absolute atomic E-state index is 11.3. The van der Waals surface area contributed by atoms with Crippen molar-refractivity contribution in [3.63, 3.8) is 0 Å². The Hall–Kier alpha value is -0.630. The van der Waals surface area contributed by atoms with Crippen LogP contribution in [0, 0.1) is 0 Å². The topological polar surface area (TPSA) is 54.0 Å². The fourth-order valence-corrected chi connectivity index (χ4v) is 3.19. The van der Waals surface area contributed by atoms with Crippen molar-refractivity contribution in [2.24, 2.45) is 0 Å². The molecule has 0 aromatic heterocycles. The van der Waals surface area contributed by atoms with Crippen molar-refractivity contribution in [3.05, 3.63) is 26.6 Å². The van der Waals surface area contributed by atoms with Crippen molar-refractivity contribution in [1.82, 2.24) is 0 Å². The first-order valence-corrected chi connectivity index (χ1v) is 7.71. The first-order valence-electron chi connectivity index (χ1n) is 6.12. The van der Waals surface area contributed by atoms with Gasteiger partial charge < -0.3 is 18.9 Å². The molecule has 0 amide bonds. The van der Waals surface area contributed by atoms with E-state index in [-0.39, 0.29) is 12.9 Å². The molecule has 0 spiro atoms. The van der Waals surface area contributed by atoms with Gasteiger partial charge in [0, 0.05) is 5.56 Å². The summed E-state index contributed by atoms with van der Waals surface area (Å²) in [5, 5.41) is 0. The Labute approximate surface area is 133 Å². The molecule has 0 unspecified atom stereocenters. The highest BCUT2D eigenvalue weighted by Gasteiger charge is 2.21. The van der Waals surface area contributed by atoms with E-state index in [4.69, 9.17) is 18.9 Å². The van der Waals surface area contributed by atoms with E-state index >= 15 is 0 Å². The average Bonchev–Trinajstić information content (AvgIpc) is 2.91. The normalized spacial score (nSPS) is 15.3. The molecule has 1 aliphatic rings. The van der Waals surface area contributed by atoms with Gasteiger partial charge in [0.25, 0.3) is 0 Å². The molecule has 7 heteroatoms. The van der Waals surface area contributed by atoms with Crippen LogP contribution in [0.1, 0.15) is 18.8 Å². The molecule has 0 aliphatic carbocycles. The quantitative estimate of drug-likeness (QED) is 0.699. The number of esters is 1. The van der Waals surface area contributed by atoms with E-state index in [1.54, 1.807) is 6.92 Å². The minimum absolute atomic E-state index is 0.138. The largest absolute Gasteiger partial charge is 0.480 e. The van der Waals surface area contributed by atoms with E-state index in [1.807, 2.05) is 12.1 Å². The Morgan fingerprint density at radius 3 is 2.45 bits per heavy atom. The first-order chi connectivity index (χ1) is 9.61. The maximum Gasteiger partial charge on any atom is 0.344 e. The van der Waals surface area contributed by atoms with E-state index in [1.165, 1.54) is 0 Å². The van der Waals surface area contributed by atoms with Gasteiger partial charge in [-0.05, 0) is 50.9 Å². The van der Waals surface area contributed by atoms with Crippen molar-refractivity contribution in [1.29, 1.82) is 0 Å². The van der Waals surface area contributed by atoms with Gasteiger partial charge in [-0.25, -0.2) is 4.79 Å². The molecule has 0 atom stereocenters. The van der Waals surface area contributed by atoms with E-state index in [9.17, 15) is 4.79 Å². The monoisotopic (exact) mass is 408 g/mol. The first kappa shape index (κ1) is 15.8. The highest BCUT2D eigenvalue weighted by molar-refractivity contribution is 9.11. The van der Waals surface area contributed by atoms with Crippen LogP contribution in [-0.4, -0.2) is 32.4 Å². The summed E-state index contributed by atoms with van der Waals surface area (Å²) in [5.74, 6) is 0.137. The summed E-state index contributed by atoms with van der Waals surface area (Å²) in [6.07, 6.45) is -0.360. The Bertz CT molecular complexity index is 463. The standard InChI is InChI=1S/C13H14Br2O5/c1-2-17-11(16)7-20-12-9(14)5-8(6-10(12)15)13-18-3-4-19-13/h5-6,13H,2-4,7H2,1H3. The predicted octanol–water partition coefficient (Wildman–Crippen LogP) is 3.20. The third-order valence-electron chi connectivity index (χ3n) is 2.55. The Morgan fingerprint density at radius 1 is 1.30 bits per heavy atom. The summed E-state index contributed by atoms with van der Waals surface area (Å²) in [4.78, 5) is 11.3. The molecule has 1 aromatic carbocycles. The zero-order valence-corrected chi connectivity index (χ0v) is 14.0. The lowest BCUT2D eigenvalue weighted by Crippen LogP contribution is -2.15. The molecule has 110 valence electrons. The fourth-order valence-electron chi connectivity index (χ4n) is 1.74. The maximum atomic E-state index is 11.3. The molecule has 1 fully saturated rings. The molecule has 1 heterocycles. The van der Waals surface area contributed by atoms with Crippen LogP contribution in [0.15, 0.2) is 21.1 Å². The van der Waals surface area contributed by atoms with Gasteiger partial charge in [0.1, 0.15) is 5.75 Å². The van der Waals surface area contributed by atoms with Crippen LogP contribution in [0.25, 0.3) is 0 Å². The van der Waals surface area contributed by atoms with Crippen LogP contribution in [0.2, 0.25) is 0 Å². The SMILES string of the molecule is CCOC(=O)COc1c(Br)cc(C2OCCO2)cc1Br. The summed E-state index contributed by atoms with van der Waals surface area (Å²) < 4.78 is 22.6. The number of rotatable bonds is 5. The van der Waals surface area contributed by atoms with Gasteiger partial charge in [0.15, 0.2) is 12.9 Å². The average molecular weight is 410 g/mol. The second kappa shape index (κ2) is 7.40. The molecule has 20 heavy (non-hydrogen) atoms. The second-order valence-corrected chi connectivity index (χ2v) is 5.69. The molecule has 2 rings (SSSR count). The van der Waals surface area contributed by atoms with E-state index < -0.39 is 5.97 Å². The van der Waals surface area contributed by atoms with Gasteiger partial charge in [-0.1, -0.05) is 0 Å². The number of ether oxygens (including phenoxy) is 4. The van der Waals surface area contributed by atoms with Gasteiger partial charge in [0.05, 0.1) is 28.8 Å². The van der Waals surface area contributed by atoms with Crippen molar-refractivity contribution in [2.45, 2.75) is 13.2 Å². The Morgan fingerprint density at radius 2 is 1.90 bits per heavy atom. The van der Waals surface area contributed by atoms with Crippen molar-refractivity contribution in [3.8, 4) is 5.75 Å². The minimum Gasteiger partial charge on any atom is -0.480 e. The van der Waals surface area contributed by atoms with E-state index in [2.05, 4.69) is 31.9 Å². The van der Waals surface area contributed by atoms with Crippen LogP contribution >= 0.6 is 31.9 Å². The molecule has 1 saturated heterocycles. The summed E-state index contributed by atoms with van der Waals surface area (Å²) in [5.41, 5.74) is 0.879. The van der Waals surface area contributed by atoms with Crippen molar-refractivity contribution < 1.29 is 23.7 Å². The lowest BCUT2D eigenvalue weighted by molar-refractivity contribution is -0.145. The number of benzene rings is 1. The third kappa shape index (κ3) is 3.94. The van der Waals surface area contributed by atoms with Crippen LogP contribution in [0.5, 0.6) is 5.75 Å². The predicted molar refractivity (Wildman–Crippen MR) is 78.6 cm³/mol. The molecule has 0 saturated carbocycles. The molecule has 0 bridgehead atoms. The molecule has 0 radical (unpaired) electrons. The summed E-state index contributed by atoms with van der Waals surface area (Å²) in [6, 6.07) is 3.70. The van der Waals surface area contributed by atoms with Crippen LogP contribution < -0.4 is 4.74 Å². The number of hydrogen-bond donors (Lipinski definition) is 0. The zero-order chi connectivity index (χ0) is 14.5. The van der Waals surface area contributed by atoms with Crippen LogP contribution in [-0.2, 0) is 19.0 Å². The molecular formula is C13H14Br2O5. The zero-order valence-electron chi connectivity index (χ0n) is 10.9. The summed E-state index contributed by atoms with van der Waals surface area (Å²) >= 11 is 6.83. The highest BCUT2D eigenvalue weighted by Crippen LogP contribution is 2.38. The Kier molecular flexibility index (Phi) is 5.83. The molecule has 0 N–H and O–H groups in total.